The minimum atomic E-state index is -0.547. The molecule has 0 saturated carbocycles. The first kappa shape index (κ1) is 18.6. The summed E-state index contributed by atoms with van der Waals surface area (Å²) in [5.74, 6) is 0.145. The van der Waals surface area contributed by atoms with Crippen LogP contribution in [0.2, 0.25) is 0 Å². The summed E-state index contributed by atoms with van der Waals surface area (Å²) in [6, 6.07) is 20.6. The molecule has 29 heavy (non-hydrogen) atoms. The van der Waals surface area contributed by atoms with Gasteiger partial charge in [0.05, 0.1) is 6.61 Å². The molecule has 0 saturated heterocycles. The second-order valence-electron chi connectivity index (χ2n) is 6.53. The Morgan fingerprint density at radius 3 is 2.34 bits per heavy atom. The molecule has 0 aliphatic carbocycles. The summed E-state index contributed by atoms with van der Waals surface area (Å²) >= 11 is 0. The van der Waals surface area contributed by atoms with Crippen LogP contribution in [0.3, 0.4) is 0 Å². The average Bonchev–Trinajstić information content (AvgIpc) is 3.24. The Balaban J connectivity index is 1.66. The van der Waals surface area contributed by atoms with Crippen LogP contribution in [0.25, 0.3) is 11.2 Å². The topological polar surface area (TPSA) is 94.0 Å². The maximum atomic E-state index is 12.1. The third-order valence-corrected chi connectivity index (χ3v) is 4.67. The van der Waals surface area contributed by atoms with Crippen molar-refractivity contribution in [1.82, 2.24) is 15.0 Å². The van der Waals surface area contributed by atoms with Crippen LogP contribution in [0.5, 0.6) is 0 Å². The quantitative estimate of drug-likeness (QED) is 0.474. The number of H-pyrrole nitrogens is 2. The molecule has 0 fully saturated rings. The van der Waals surface area contributed by atoms with Crippen LogP contribution in [0.1, 0.15) is 34.6 Å². The molecule has 0 bridgehead atoms. The van der Waals surface area contributed by atoms with E-state index in [9.17, 15) is 4.79 Å². The Morgan fingerprint density at radius 1 is 1.07 bits per heavy atom. The first-order valence-electron chi connectivity index (χ1n) is 9.54. The van der Waals surface area contributed by atoms with E-state index >= 15 is 0 Å². The molecule has 0 spiro atoms. The predicted molar refractivity (Wildman–Crippen MR) is 110 cm³/mol. The van der Waals surface area contributed by atoms with Crippen LogP contribution >= 0.6 is 0 Å². The normalized spacial score (nSPS) is 11.0. The highest BCUT2D eigenvalue weighted by molar-refractivity contribution is 5.90. The number of rotatable bonds is 7. The van der Waals surface area contributed by atoms with E-state index in [1.165, 1.54) is 11.1 Å². The summed E-state index contributed by atoms with van der Waals surface area (Å²) in [6.07, 6.45) is 1.66. The lowest BCUT2D eigenvalue weighted by Gasteiger charge is -2.19. The average molecular weight is 388 g/mol. The Morgan fingerprint density at radius 2 is 1.72 bits per heavy atom. The van der Waals surface area contributed by atoms with Crippen LogP contribution in [0, 0.1) is 0 Å². The Bertz CT molecular complexity index is 1060. The number of imidazole rings is 1. The number of anilines is 1. The van der Waals surface area contributed by atoms with Gasteiger partial charge < -0.3 is 10.1 Å². The third-order valence-electron chi connectivity index (χ3n) is 4.67. The zero-order valence-corrected chi connectivity index (χ0v) is 16.1. The standard InChI is InChI=1S/C22H21N5O2/c1-2-29-22(28)21-26-19(18-20(27-21)25-14-24-18)23-13-17(15-9-5-3-6-10-15)16-11-7-4-8-12-16/h3-12,14,17H,2,13H2,1H3,(H2,23,24,25,26,27)/p+1. The summed E-state index contributed by atoms with van der Waals surface area (Å²) in [5, 5.41) is 3.40. The first-order chi connectivity index (χ1) is 14.3. The lowest BCUT2D eigenvalue weighted by atomic mass is 9.91. The SMILES string of the molecule is CCOC(=O)c1nc(NCC(c2ccccc2)c2ccccc2)c2[nH]c[nH+]c2n1. The number of ether oxygens (including phenoxy) is 1. The molecule has 0 aliphatic rings. The van der Waals surface area contributed by atoms with Crippen molar-refractivity contribution in [1.29, 1.82) is 0 Å². The molecule has 2 heterocycles. The molecular weight excluding hydrogens is 366 g/mol. The number of benzene rings is 2. The van der Waals surface area contributed by atoms with E-state index < -0.39 is 5.97 Å². The molecule has 0 unspecified atom stereocenters. The fraction of sp³-hybridized carbons (Fsp3) is 0.182. The third kappa shape index (κ3) is 4.08. The van der Waals surface area contributed by atoms with E-state index in [1.807, 2.05) is 36.4 Å². The molecule has 4 rings (SSSR count). The van der Waals surface area contributed by atoms with E-state index in [1.54, 1.807) is 13.3 Å². The number of fused-ring (bicyclic) bond motifs is 1. The lowest BCUT2D eigenvalue weighted by Crippen LogP contribution is -2.18. The molecular formula is C22H22N5O2+. The minimum absolute atomic E-state index is 0.0219. The van der Waals surface area contributed by atoms with Crippen molar-refractivity contribution in [3.05, 3.63) is 83.9 Å². The molecule has 0 amide bonds. The number of carbonyl (C=O) groups excluding carboxylic acids is 1. The van der Waals surface area contributed by atoms with Crippen LogP contribution in [0.4, 0.5) is 5.82 Å². The zero-order valence-electron chi connectivity index (χ0n) is 16.1. The summed E-state index contributed by atoms with van der Waals surface area (Å²) in [7, 11) is 0. The van der Waals surface area contributed by atoms with Gasteiger partial charge in [-0.2, -0.15) is 4.98 Å². The Labute approximate surface area is 168 Å². The van der Waals surface area contributed by atoms with Gasteiger partial charge in [-0.05, 0) is 18.1 Å². The molecule has 3 N–H and O–H groups in total. The highest BCUT2D eigenvalue weighted by Crippen LogP contribution is 2.26. The molecule has 0 atom stereocenters. The van der Waals surface area contributed by atoms with Gasteiger partial charge in [-0.3, -0.25) is 4.98 Å². The summed E-state index contributed by atoms with van der Waals surface area (Å²) in [6.45, 7) is 2.62. The highest BCUT2D eigenvalue weighted by Gasteiger charge is 2.23. The largest absolute Gasteiger partial charge is 0.459 e. The summed E-state index contributed by atoms with van der Waals surface area (Å²) in [5.41, 5.74) is 3.64. The Hall–Kier alpha value is -3.74. The number of aromatic nitrogens is 4. The van der Waals surface area contributed by atoms with Gasteiger partial charge in [-0.25, -0.2) is 9.78 Å². The number of esters is 1. The number of hydrogen-bond donors (Lipinski definition) is 2. The van der Waals surface area contributed by atoms with Gasteiger partial charge in [0.25, 0.3) is 0 Å². The van der Waals surface area contributed by atoms with Gasteiger partial charge in [0.15, 0.2) is 12.1 Å². The van der Waals surface area contributed by atoms with Gasteiger partial charge in [0.1, 0.15) is 0 Å². The molecule has 0 aliphatic heterocycles. The minimum Gasteiger partial charge on any atom is -0.459 e. The van der Waals surface area contributed by atoms with Gasteiger partial charge in [0.2, 0.25) is 5.52 Å². The van der Waals surface area contributed by atoms with Gasteiger partial charge >= 0.3 is 17.4 Å². The van der Waals surface area contributed by atoms with Crippen molar-refractivity contribution in [3.8, 4) is 0 Å². The van der Waals surface area contributed by atoms with E-state index in [0.29, 0.717) is 23.5 Å². The number of hydrogen-bond acceptors (Lipinski definition) is 5. The molecule has 7 nitrogen and oxygen atoms in total. The van der Waals surface area contributed by atoms with E-state index in [2.05, 4.69) is 49.5 Å². The number of nitrogens with one attached hydrogen (secondary N) is 3. The van der Waals surface area contributed by atoms with Crippen LogP contribution in [-0.2, 0) is 4.74 Å². The van der Waals surface area contributed by atoms with E-state index in [-0.39, 0.29) is 18.3 Å². The predicted octanol–water partition coefficient (Wildman–Crippen LogP) is 3.19. The molecule has 0 radical (unpaired) electrons. The number of carbonyl (C=O) groups is 1. The molecule has 2 aromatic heterocycles. The second-order valence-corrected chi connectivity index (χ2v) is 6.53. The molecule has 4 aromatic rings. The first-order valence-corrected chi connectivity index (χ1v) is 9.54. The fourth-order valence-electron chi connectivity index (χ4n) is 3.29. The van der Waals surface area contributed by atoms with Crippen molar-refractivity contribution in [2.45, 2.75) is 12.8 Å². The van der Waals surface area contributed by atoms with Crippen LogP contribution < -0.4 is 10.3 Å². The summed E-state index contributed by atoms with van der Waals surface area (Å²) < 4.78 is 5.06. The van der Waals surface area contributed by atoms with Crippen LogP contribution in [0.15, 0.2) is 67.0 Å². The van der Waals surface area contributed by atoms with Crippen molar-refractivity contribution in [2.24, 2.45) is 0 Å². The van der Waals surface area contributed by atoms with Gasteiger partial charge in [-0.1, -0.05) is 65.6 Å². The lowest BCUT2D eigenvalue weighted by molar-refractivity contribution is -0.347. The van der Waals surface area contributed by atoms with Crippen molar-refractivity contribution in [3.63, 3.8) is 0 Å². The van der Waals surface area contributed by atoms with Gasteiger partial charge in [-0.15, -0.1) is 0 Å². The Kier molecular flexibility index (Phi) is 5.47. The van der Waals surface area contributed by atoms with E-state index in [4.69, 9.17) is 4.74 Å². The number of aromatic amines is 2. The van der Waals surface area contributed by atoms with E-state index in [0.717, 1.165) is 0 Å². The van der Waals surface area contributed by atoms with Crippen LogP contribution in [-0.4, -0.2) is 34.1 Å². The fourth-order valence-corrected chi connectivity index (χ4v) is 3.29. The molecule has 7 heteroatoms. The number of nitrogens with zero attached hydrogens (tertiary/aromatic N) is 2. The maximum Gasteiger partial charge on any atom is 0.394 e. The monoisotopic (exact) mass is 388 g/mol. The van der Waals surface area contributed by atoms with Crippen molar-refractivity contribution < 1.29 is 14.5 Å². The molecule has 146 valence electrons. The highest BCUT2D eigenvalue weighted by atomic mass is 16.5. The van der Waals surface area contributed by atoms with Crippen molar-refractivity contribution >= 4 is 23.0 Å². The smallest absolute Gasteiger partial charge is 0.394 e. The van der Waals surface area contributed by atoms with Crippen molar-refractivity contribution in [2.75, 3.05) is 18.5 Å². The maximum absolute atomic E-state index is 12.1. The zero-order chi connectivity index (χ0) is 20.1. The summed E-state index contributed by atoms with van der Waals surface area (Å²) in [4.78, 5) is 26.9. The second kappa shape index (κ2) is 8.52. The van der Waals surface area contributed by atoms with Gasteiger partial charge in [0, 0.05) is 12.5 Å². The molecule has 2 aromatic carbocycles.